The van der Waals surface area contributed by atoms with Gasteiger partial charge in [-0.05, 0) is 25.5 Å². The number of fused-ring (bicyclic) bond motifs is 1. The molecule has 0 radical (unpaired) electrons. The van der Waals surface area contributed by atoms with E-state index in [2.05, 4.69) is 6.92 Å². The maximum Gasteiger partial charge on any atom is 0.246 e. The molecular formula is C17H22N2O3S. The van der Waals surface area contributed by atoms with Gasteiger partial charge in [-0.25, -0.2) is 0 Å². The topological polar surface area (TPSA) is 49.9 Å². The van der Waals surface area contributed by atoms with E-state index in [1.54, 1.807) is 28.6 Å². The van der Waals surface area contributed by atoms with E-state index >= 15 is 0 Å². The quantitative estimate of drug-likeness (QED) is 0.826. The first-order valence-corrected chi connectivity index (χ1v) is 8.89. The second-order valence-corrected chi connectivity index (χ2v) is 7.69. The van der Waals surface area contributed by atoms with Crippen LogP contribution < -0.4 is 4.74 Å². The predicted octanol–water partition coefficient (Wildman–Crippen LogP) is 1.98. The lowest BCUT2D eigenvalue weighted by atomic mass is 10.2. The fourth-order valence-corrected chi connectivity index (χ4v) is 4.61. The van der Waals surface area contributed by atoms with Crippen LogP contribution in [-0.2, 0) is 9.59 Å². The highest BCUT2D eigenvalue weighted by atomic mass is 32.2. The van der Waals surface area contributed by atoms with Crippen LogP contribution in [0, 0.1) is 0 Å². The standard InChI is InChI=1S/C17H22N2O3S/c1-17-9-8-15(20)19(17)14(12-23-17)16(21)18(2)10-11-22-13-6-4-3-5-7-13/h3-7,14H,8-12H2,1-2H3. The summed E-state index contributed by atoms with van der Waals surface area (Å²) in [6.45, 7) is 3.01. The predicted molar refractivity (Wildman–Crippen MR) is 90.3 cm³/mol. The lowest BCUT2D eigenvalue weighted by molar-refractivity contribution is -0.143. The Hall–Kier alpha value is -1.69. The molecule has 0 N–H and O–H groups in total. The van der Waals surface area contributed by atoms with Crippen molar-refractivity contribution in [1.29, 1.82) is 0 Å². The maximum absolute atomic E-state index is 12.7. The van der Waals surface area contributed by atoms with Crippen LogP contribution in [0.5, 0.6) is 5.75 Å². The zero-order valence-electron chi connectivity index (χ0n) is 13.5. The molecular weight excluding hydrogens is 312 g/mol. The first kappa shape index (κ1) is 16.2. The third-order valence-corrected chi connectivity index (χ3v) is 6.05. The lowest BCUT2D eigenvalue weighted by Crippen LogP contribution is -2.51. The number of amides is 2. The minimum Gasteiger partial charge on any atom is -0.492 e. The fourth-order valence-electron chi connectivity index (χ4n) is 3.19. The number of carbonyl (C=O) groups is 2. The molecule has 23 heavy (non-hydrogen) atoms. The number of nitrogens with zero attached hydrogens (tertiary/aromatic N) is 2. The van der Waals surface area contributed by atoms with Gasteiger partial charge >= 0.3 is 0 Å². The van der Waals surface area contributed by atoms with Gasteiger partial charge in [0.15, 0.2) is 0 Å². The van der Waals surface area contributed by atoms with E-state index in [1.165, 1.54) is 0 Å². The van der Waals surface area contributed by atoms with Crippen molar-refractivity contribution in [2.45, 2.75) is 30.7 Å². The van der Waals surface area contributed by atoms with Crippen molar-refractivity contribution in [3.05, 3.63) is 30.3 Å². The Kier molecular flexibility index (Phi) is 4.53. The largest absolute Gasteiger partial charge is 0.492 e. The van der Waals surface area contributed by atoms with Gasteiger partial charge in [-0.15, -0.1) is 11.8 Å². The zero-order valence-corrected chi connectivity index (χ0v) is 14.3. The highest BCUT2D eigenvalue weighted by Crippen LogP contribution is 2.47. The van der Waals surface area contributed by atoms with E-state index in [1.807, 2.05) is 30.3 Å². The van der Waals surface area contributed by atoms with Crippen molar-refractivity contribution in [2.24, 2.45) is 0 Å². The summed E-state index contributed by atoms with van der Waals surface area (Å²) in [5.41, 5.74) is 0. The van der Waals surface area contributed by atoms with Gasteiger partial charge in [0.2, 0.25) is 11.8 Å². The molecule has 2 heterocycles. The number of para-hydroxylation sites is 1. The Morgan fingerprint density at radius 1 is 1.43 bits per heavy atom. The Labute approximate surface area is 141 Å². The number of rotatable bonds is 5. The molecule has 0 aromatic heterocycles. The third kappa shape index (κ3) is 3.17. The Bertz CT molecular complexity index is 595. The van der Waals surface area contributed by atoms with E-state index in [0.29, 0.717) is 25.3 Å². The molecule has 124 valence electrons. The Morgan fingerprint density at radius 3 is 2.91 bits per heavy atom. The molecule has 1 aromatic rings. The van der Waals surface area contributed by atoms with Gasteiger partial charge in [-0.1, -0.05) is 18.2 Å². The van der Waals surface area contributed by atoms with Crippen LogP contribution in [0.3, 0.4) is 0 Å². The molecule has 2 aliphatic heterocycles. The molecule has 0 aliphatic carbocycles. The summed E-state index contributed by atoms with van der Waals surface area (Å²) < 4.78 is 5.64. The number of ether oxygens (including phenoxy) is 1. The summed E-state index contributed by atoms with van der Waals surface area (Å²) in [6.07, 6.45) is 1.38. The molecule has 2 saturated heterocycles. The van der Waals surface area contributed by atoms with Gasteiger partial charge in [0.25, 0.3) is 0 Å². The van der Waals surface area contributed by atoms with Gasteiger partial charge in [-0.2, -0.15) is 0 Å². The first-order chi connectivity index (χ1) is 11.0. The van der Waals surface area contributed by atoms with Crippen LogP contribution in [0.2, 0.25) is 0 Å². The van der Waals surface area contributed by atoms with Crippen molar-refractivity contribution in [2.75, 3.05) is 26.0 Å². The van der Waals surface area contributed by atoms with Crippen LogP contribution in [0.1, 0.15) is 19.8 Å². The molecule has 6 heteroatoms. The molecule has 1 aromatic carbocycles. The number of hydrogen-bond acceptors (Lipinski definition) is 4. The summed E-state index contributed by atoms with van der Waals surface area (Å²) in [5.74, 6) is 1.59. The van der Waals surface area contributed by atoms with Gasteiger partial charge in [0.05, 0.1) is 11.4 Å². The molecule has 2 unspecified atom stereocenters. The minimum absolute atomic E-state index is 0.00753. The summed E-state index contributed by atoms with van der Waals surface area (Å²) >= 11 is 1.72. The van der Waals surface area contributed by atoms with Crippen LogP contribution in [0.25, 0.3) is 0 Å². The number of thioether (sulfide) groups is 1. The summed E-state index contributed by atoms with van der Waals surface area (Å²) in [7, 11) is 1.78. The number of hydrogen-bond donors (Lipinski definition) is 0. The zero-order chi connectivity index (χ0) is 16.4. The van der Waals surface area contributed by atoms with E-state index in [-0.39, 0.29) is 22.7 Å². The summed E-state index contributed by atoms with van der Waals surface area (Å²) in [6, 6.07) is 9.22. The molecule has 2 amide bonds. The minimum atomic E-state index is -0.332. The maximum atomic E-state index is 12.7. The highest BCUT2D eigenvalue weighted by molar-refractivity contribution is 8.01. The van der Waals surface area contributed by atoms with Crippen molar-refractivity contribution >= 4 is 23.6 Å². The molecule has 2 atom stereocenters. The van der Waals surface area contributed by atoms with Gasteiger partial charge < -0.3 is 14.5 Å². The third-order valence-electron chi connectivity index (χ3n) is 4.54. The van der Waals surface area contributed by atoms with Crippen molar-refractivity contribution in [3.8, 4) is 5.75 Å². The van der Waals surface area contributed by atoms with Gasteiger partial charge in [-0.3, -0.25) is 9.59 Å². The first-order valence-electron chi connectivity index (χ1n) is 7.90. The average Bonchev–Trinajstić information content (AvgIpc) is 3.04. The lowest BCUT2D eigenvalue weighted by Gasteiger charge is -2.31. The molecule has 0 saturated carbocycles. The number of likely N-dealkylation sites (N-methyl/N-ethyl adjacent to an activating group) is 1. The van der Waals surface area contributed by atoms with Crippen LogP contribution in [0.15, 0.2) is 30.3 Å². The SMILES string of the molecule is CN(CCOc1ccccc1)C(=O)C1CSC2(C)CCC(=O)N12. The van der Waals surface area contributed by atoms with Gasteiger partial charge in [0.1, 0.15) is 18.4 Å². The van der Waals surface area contributed by atoms with E-state index in [9.17, 15) is 9.59 Å². The number of carbonyl (C=O) groups excluding carboxylic acids is 2. The molecule has 3 rings (SSSR count). The normalized spacial score (nSPS) is 26.3. The second kappa shape index (κ2) is 6.43. The van der Waals surface area contributed by atoms with E-state index < -0.39 is 0 Å². The summed E-state index contributed by atoms with van der Waals surface area (Å²) in [5, 5.41) is 0. The monoisotopic (exact) mass is 334 g/mol. The smallest absolute Gasteiger partial charge is 0.246 e. The second-order valence-electron chi connectivity index (χ2n) is 6.19. The van der Waals surface area contributed by atoms with Crippen molar-refractivity contribution < 1.29 is 14.3 Å². The van der Waals surface area contributed by atoms with E-state index in [0.717, 1.165) is 12.2 Å². The molecule has 5 nitrogen and oxygen atoms in total. The Morgan fingerprint density at radius 2 is 2.17 bits per heavy atom. The molecule has 2 fully saturated rings. The van der Waals surface area contributed by atoms with Crippen LogP contribution in [0.4, 0.5) is 0 Å². The molecule has 0 bridgehead atoms. The average molecular weight is 334 g/mol. The molecule has 2 aliphatic rings. The van der Waals surface area contributed by atoms with Crippen molar-refractivity contribution in [3.63, 3.8) is 0 Å². The number of benzene rings is 1. The highest BCUT2D eigenvalue weighted by Gasteiger charge is 2.53. The van der Waals surface area contributed by atoms with E-state index in [4.69, 9.17) is 4.74 Å². The van der Waals surface area contributed by atoms with Crippen LogP contribution in [-0.4, -0.2) is 58.5 Å². The van der Waals surface area contributed by atoms with Gasteiger partial charge in [0, 0.05) is 19.2 Å². The van der Waals surface area contributed by atoms with Crippen LogP contribution >= 0.6 is 11.8 Å². The van der Waals surface area contributed by atoms with Crippen molar-refractivity contribution in [1.82, 2.24) is 9.80 Å². The molecule has 0 spiro atoms. The summed E-state index contributed by atoms with van der Waals surface area (Å²) in [4.78, 5) is 28.1. The Balaban J connectivity index is 1.54. The fraction of sp³-hybridized carbons (Fsp3) is 0.529.